The van der Waals surface area contributed by atoms with Crippen LogP contribution in [-0.4, -0.2) is 11.4 Å². The lowest BCUT2D eigenvalue weighted by Gasteiger charge is -1.89. The molecule has 0 aliphatic carbocycles. The van der Waals surface area contributed by atoms with Gasteiger partial charge in [-0.05, 0) is 26.0 Å². The van der Waals surface area contributed by atoms with Crippen molar-refractivity contribution in [2.24, 2.45) is 0 Å². The molecular weight excluding hydrogens is 140 g/mol. The van der Waals surface area contributed by atoms with Crippen LogP contribution in [0.15, 0.2) is 24.3 Å². The lowest BCUT2D eigenvalue weighted by atomic mass is 10.2. The number of aldehydes is 1. The van der Waals surface area contributed by atoms with Gasteiger partial charge in [-0.1, -0.05) is 17.7 Å². The first kappa shape index (κ1) is 9.69. The molecule has 0 saturated carbocycles. The number of aromatic hydroxyl groups is 1. The maximum Gasteiger partial charge on any atom is 0.116 e. The van der Waals surface area contributed by atoms with Crippen LogP contribution in [0.3, 0.4) is 0 Å². The monoisotopic (exact) mass is 152 g/mol. The van der Waals surface area contributed by atoms with Crippen LogP contribution in [0.25, 0.3) is 0 Å². The zero-order valence-corrected chi connectivity index (χ0v) is 6.74. The molecule has 0 spiro atoms. The van der Waals surface area contributed by atoms with Crippen molar-refractivity contribution >= 4 is 6.29 Å². The summed E-state index contributed by atoms with van der Waals surface area (Å²) in [5, 5.41) is 8.76. The van der Waals surface area contributed by atoms with Crippen LogP contribution in [0.1, 0.15) is 12.5 Å². The zero-order chi connectivity index (χ0) is 8.69. The van der Waals surface area contributed by atoms with Gasteiger partial charge in [0.15, 0.2) is 0 Å². The maximum atomic E-state index is 8.81. The van der Waals surface area contributed by atoms with Gasteiger partial charge in [-0.25, -0.2) is 0 Å². The van der Waals surface area contributed by atoms with E-state index in [-0.39, 0.29) is 0 Å². The third-order valence-corrected chi connectivity index (χ3v) is 1.03. The average Bonchev–Trinajstić information content (AvgIpc) is 1.97. The Morgan fingerprint density at radius 3 is 1.91 bits per heavy atom. The maximum absolute atomic E-state index is 8.81. The van der Waals surface area contributed by atoms with Gasteiger partial charge in [0.1, 0.15) is 12.0 Å². The van der Waals surface area contributed by atoms with Gasteiger partial charge in [0.05, 0.1) is 0 Å². The average molecular weight is 152 g/mol. The van der Waals surface area contributed by atoms with E-state index in [1.54, 1.807) is 12.1 Å². The fraction of sp³-hybridized carbons (Fsp3) is 0.222. The molecule has 0 aromatic heterocycles. The Bertz CT molecular complexity index is 180. The summed E-state index contributed by atoms with van der Waals surface area (Å²) < 4.78 is 0. The Labute approximate surface area is 66.5 Å². The van der Waals surface area contributed by atoms with E-state index in [2.05, 4.69) is 0 Å². The molecule has 0 aliphatic heterocycles. The number of carbonyl (C=O) groups is 1. The third-order valence-electron chi connectivity index (χ3n) is 1.03. The molecule has 0 bridgehead atoms. The highest BCUT2D eigenvalue weighted by Crippen LogP contribution is 2.07. The van der Waals surface area contributed by atoms with E-state index in [1.807, 2.05) is 19.1 Å². The van der Waals surface area contributed by atoms with Crippen LogP contribution in [0.4, 0.5) is 0 Å². The van der Waals surface area contributed by atoms with E-state index >= 15 is 0 Å². The van der Waals surface area contributed by atoms with Crippen LogP contribution >= 0.6 is 0 Å². The number of aryl methyl sites for hydroxylation is 1. The van der Waals surface area contributed by atoms with Crippen molar-refractivity contribution in [2.75, 3.05) is 0 Å². The van der Waals surface area contributed by atoms with E-state index in [1.165, 1.54) is 12.5 Å². The van der Waals surface area contributed by atoms with Gasteiger partial charge in [0.25, 0.3) is 0 Å². The highest BCUT2D eigenvalue weighted by Gasteiger charge is 1.82. The number of phenolic OH excluding ortho intramolecular Hbond substituents is 1. The van der Waals surface area contributed by atoms with Crippen LogP contribution in [-0.2, 0) is 4.79 Å². The summed E-state index contributed by atoms with van der Waals surface area (Å²) in [4.78, 5) is 8.81. The zero-order valence-electron chi connectivity index (χ0n) is 6.74. The molecular formula is C9H12O2. The second-order valence-corrected chi connectivity index (χ2v) is 2.07. The van der Waals surface area contributed by atoms with Crippen LogP contribution in [0, 0.1) is 6.92 Å². The van der Waals surface area contributed by atoms with E-state index in [0.717, 1.165) is 6.29 Å². The van der Waals surface area contributed by atoms with Crippen molar-refractivity contribution in [3.05, 3.63) is 29.8 Å². The second kappa shape index (κ2) is 5.47. The van der Waals surface area contributed by atoms with Crippen molar-refractivity contribution < 1.29 is 9.90 Å². The Kier molecular flexibility index (Phi) is 4.82. The molecule has 1 aromatic rings. The summed E-state index contributed by atoms with van der Waals surface area (Å²) in [6.07, 6.45) is 0.750. The quantitative estimate of drug-likeness (QED) is 0.576. The van der Waals surface area contributed by atoms with Crippen LogP contribution in [0.5, 0.6) is 5.75 Å². The van der Waals surface area contributed by atoms with Gasteiger partial charge in [-0.2, -0.15) is 0 Å². The smallest absolute Gasteiger partial charge is 0.116 e. The number of hydrogen-bond acceptors (Lipinski definition) is 2. The molecule has 0 radical (unpaired) electrons. The molecule has 11 heavy (non-hydrogen) atoms. The molecule has 1 aromatic carbocycles. The largest absolute Gasteiger partial charge is 0.508 e. The van der Waals surface area contributed by atoms with Gasteiger partial charge in [-0.15, -0.1) is 0 Å². The summed E-state index contributed by atoms with van der Waals surface area (Å²) in [6, 6.07) is 7.09. The number of phenols is 1. The highest BCUT2D eigenvalue weighted by atomic mass is 16.3. The second-order valence-electron chi connectivity index (χ2n) is 2.07. The lowest BCUT2D eigenvalue weighted by molar-refractivity contribution is -0.106. The van der Waals surface area contributed by atoms with Crippen molar-refractivity contribution in [2.45, 2.75) is 13.8 Å². The van der Waals surface area contributed by atoms with E-state index in [4.69, 9.17) is 9.90 Å². The minimum absolute atomic E-state index is 0.329. The van der Waals surface area contributed by atoms with Crippen LogP contribution < -0.4 is 0 Å². The fourth-order valence-electron chi connectivity index (χ4n) is 0.545. The first-order chi connectivity index (χ1) is 5.20. The van der Waals surface area contributed by atoms with Gasteiger partial charge < -0.3 is 9.90 Å². The number of carbonyl (C=O) groups excluding carboxylic acids is 1. The fourth-order valence-corrected chi connectivity index (χ4v) is 0.545. The van der Waals surface area contributed by atoms with Crippen molar-refractivity contribution in [3.8, 4) is 5.75 Å². The predicted molar refractivity (Wildman–Crippen MR) is 44.6 cm³/mol. The molecule has 1 rings (SSSR count). The molecule has 0 amide bonds. The van der Waals surface area contributed by atoms with Gasteiger partial charge >= 0.3 is 0 Å². The summed E-state index contributed by atoms with van der Waals surface area (Å²) in [6.45, 7) is 3.43. The minimum Gasteiger partial charge on any atom is -0.508 e. The molecule has 0 aliphatic rings. The minimum atomic E-state index is 0.329. The first-order valence-electron chi connectivity index (χ1n) is 3.36. The SMILES string of the molecule is CC=O.Cc1ccc(O)cc1. The third kappa shape index (κ3) is 5.15. The summed E-state index contributed by atoms with van der Waals surface area (Å²) in [7, 11) is 0. The molecule has 0 unspecified atom stereocenters. The first-order valence-corrected chi connectivity index (χ1v) is 3.36. The van der Waals surface area contributed by atoms with Crippen molar-refractivity contribution in [3.63, 3.8) is 0 Å². The van der Waals surface area contributed by atoms with Crippen molar-refractivity contribution in [1.29, 1.82) is 0 Å². The van der Waals surface area contributed by atoms with Gasteiger partial charge in [0.2, 0.25) is 0 Å². The van der Waals surface area contributed by atoms with Gasteiger partial charge in [-0.3, -0.25) is 0 Å². The number of rotatable bonds is 0. The number of hydrogen-bond donors (Lipinski definition) is 1. The molecule has 1 N–H and O–H groups in total. The highest BCUT2D eigenvalue weighted by molar-refractivity contribution is 5.44. The molecule has 2 nitrogen and oxygen atoms in total. The Balaban J connectivity index is 0.000000292. The van der Waals surface area contributed by atoms with E-state index < -0.39 is 0 Å². The summed E-state index contributed by atoms with van der Waals surface area (Å²) in [5.74, 6) is 0.329. The molecule has 0 saturated heterocycles. The normalized spacial score (nSPS) is 7.82. The summed E-state index contributed by atoms with van der Waals surface area (Å²) >= 11 is 0. The topological polar surface area (TPSA) is 37.3 Å². The Morgan fingerprint density at radius 2 is 1.64 bits per heavy atom. The molecule has 0 heterocycles. The van der Waals surface area contributed by atoms with E-state index in [9.17, 15) is 0 Å². The molecule has 0 atom stereocenters. The Morgan fingerprint density at radius 1 is 1.27 bits per heavy atom. The standard InChI is InChI=1S/C7H8O.C2H4O/c1-6-2-4-7(8)5-3-6;1-2-3/h2-5,8H,1H3;2H,1H3. The van der Waals surface area contributed by atoms with Crippen LogP contribution in [0.2, 0.25) is 0 Å². The summed E-state index contributed by atoms with van der Waals surface area (Å²) in [5.41, 5.74) is 1.17. The molecule has 0 fully saturated rings. The lowest BCUT2D eigenvalue weighted by Crippen LogP contribution is -1.66. The van der Waals surface area contributed by atoms with Gasteiger partial charge in [0, 0.05) is 0 Å². The van der Waals surface area contributed by atoms with Crippen molar-refractivity contribution in [1.82, 2.24) is 0 Å². The molecule has 2 heteroatoms. The molecule has 60 valence electrons. The number of benzene rings is 1. The van der Waals surface area contributed by atoms with E-state index in [0.29, 0.717) is 5.75 Å². The predicted octanol–water partition coefficient (Wildman–Crippen LogP) is 1.91. The Hall–Kier alpha value is -1.31.